The molecule has 0 aliphatic carbocycles. The number of ether oxygens (including phenoxy) is 1. The van der Waals surface area contributed by atoms with Crippen LogP contribution in [0, 0.1) is 20.0 Å². The Balaban J connectivity index is 0.994. The Morgan fingerprint density at radius 3 is 1.49 bits per heavy atom. The summed E-state index contributed by atoms with van der Waals surface area (Å²) in [6.45, 7) is -5.46. The Labute approximate surface area is 476 Å². The first kappa shape index (κ1) is 35.8. The Morgan fingerprint density at radius 1 is 0.418 bits per heavy atom. The highest BCUT2D eigenvalue weighted by molar-refractivity contribution is 6.09. The molecule has 374 valence electrons. The van der Waals surface area contributed by atoms with Gasteiger partial charge < -0.3 is 4.74 Å². The number of benzene rings is 11. The number of para-hydroxylation sites is 4. The minimum absolute atomic E-state index is 0.0196. The molecule has 0 aliphatic rings. The fraction of sp³-hybridized carbons (Fsp3) is 0.0270. The Bertz CT molecular complexity index is 4890. The molecule has 0 N–H and O–H groups in total. The number of pyridine rings is 1. The van der Waals surface area contributed by atoms with Crippen molar-refractivity contribution in [1.29, 1.82) is 0 Å². The van der Waals surface area contributed by atoms with Crippen LogP contribution < -0.4 is 9.30 Å². The molecule has 0 unspecified atom stereocenters. The van der Waals surface area contributed by atoms with Crippen LogP contribution >= 0.6 is 0 Å². The lowest BCUT2D eigenvalue weighted by atomic mass is 9.89. The van der Waals surface area contributed by atoms with Gasteiger partial charge in [-0.1, -0.05) is 188 Å². The number of imidazole rings is 1. The van der Waals surface area contributed by atoms with Crippen molar-refractivity contribution in [3.05, 3.63) is 296 Å². The molecule has 0 spiro atoms. The van der Waals surface area contributed by atoms with Crippen LogP contribution in [0.3, 0.4) is 0 Å². The molecule has 14 aromatic rings. The minimum Gasteiger partial charge on any atom is -0.458 e. The lowest BCUT2D eigenvalue weighted by Crippen LogP contribution is -2.31. The summed E-state index contributed by atoms with van der Waals surface area (Å²) in [6.07, 6.45) is 4.81. The van der Waals surface area contributed by atoms with Crippen LogP contribution in [-0.4, -0.2) is 14.1 Å². The molecule has 5 heteroatoms. The van der Waals surface area contributed by atoms with Gasteiger partial charge in [0.15, 0.2) is 0 Å². The molecule has 79 heavy (non-hydrogen) atoms. The van der Waals surface area contributed by atoms with E-state index in [9.17, 15) is 8.22 Å². The number of hydrogen-bond acceptors (Lipinski definition) is 2. The Morgan fingerprint density at radius 2 is 0.911 bits per heavy atom. The second kappa shape index (κ2) is 20.0. The van der Waals surface area contributed by atoms with Gasteiger partial charge in [-0.25, -0.2) is 4.98 Å². The van der Waals surface area contributed by atoms with Gasteiger partial charge >= 0.3 is 0 Å². The molecule has 0 atom stereocenters. The van der Waals surface area contributed by atoms with Crippen molar-refractivity contribution in [1.82, 2.24) is 14.1 Å². The van der Waals surface area contributed by atoms with E-state index in [1.54, 1.807) is 4.57 Å². The maximum atomic E-state index is 10.3. The normalized spacial score (nSPS) is 13.9. The van der Waals surface area contributed by atoms with Crippen LogP contribution in [0.25, 0.3) is 117 Å². The van der Waals surface area contributed by atoms with Gasteiger partial charge in [-0.3, -0.25) is 13.7 Å². The molecule has 0 radical (unpaired) electrons. The molecular formula is C74H52N4O. The summed E-state index contributed by atoms with van der Waals surface area (Å²) >= 11 is 0. The molecule has 0 saturated carbocycles. The first-order valence-electron chi connectivity index (χ1n) is 31.9. The van der Waals surface area contributed by atoms with Crippen LogP contribution in [0.1, 0.15) is 27.6 Å². The summed E-state index contributed by atoms with van der Waals surface area (Å²) in [4.78, 5) is 4.56. The third kappa shape index (κ3) is 8.83. The summed E-state index contributed by atoms with van der Waals surface area (Å²) < 4.78 is 122. The topological polar surface area (TPSA) is 35.9 Å². The smallest absolute Gasteiger partial charge is 0.269 e. The third-order valence-electron chi connectivity index (χ3n) is 14.2. The minimum atomic E-state index is -2.75. The van der Waals surface area contributed by atoms with Crippen molar-refractivity contribution in [2.75, 3.05) is 0 Å². The Kier molecular flexibility index (Phi) is 9.05. The predicted molar refractivity (Wildman–Crippen MR) is 324 cm³/mol. The maximum Gasteiger partial charge on any atom is 0.269 e. The molecule has 5 nitrogen and oxygen atoms in total. The van der Waals surface area contributed by atoms with Crippen LogP contribution in [-0.2, 0) is 0 Å². The zero-order valence-corrected chi connectivity index (χ0v) is 42.3. The van der Waals surface area contributed by atoms with E-state index in [0.29, 0.717) is 95.1 Å². The quantitative estimate of drug-likeness (QED) is 0.0956. The maximum absolute atomic E-state index is 10.3. The van der Waals surface area contributed by atoms with Crippen molar-refractivity contribution in [3.63, 3.8) is 0 Å². The lowest BCUT2D eigenvalue weighted by Gasteiger charge is -2.20. The molecule has 3 heterocycles. The lowest BCUT2D eigenvalue weighted by molar-refractivity contribution is -0.571. The van der Waals surface area contributed by atoms with Crippen LogP contribution in [0.5, 0.6) is 11.5 Å². The van der Waals surface area contributed by atoms with E-state index in [4.69, 9.17) is 13.0 Å². The van der Waals surface area contributed by atoms with E-state index in [2.05, 4.69) is 11.3 Å². The number of aryl methyl sites for hydroxylation is 2. The average Bonchev–Trinajstić information content (AvgIpc) is 1.70. The molecule has 11 aromatic carbocycles. The molecule has 0 amide bonds. The van der Waals surface area contributed by atoms with E-state index in [1.165, 1.54) is 6.07 Å². The van der Waals surface area contributed by atoms with Crippen LogP contribution in [0.2, 0.25) is 0 Å². The zero-order valence-electron chi connectivity index (χ0n) is 54.3. The predicted octanol–water partition coefficient (Wildman–Crippen LogP) is 18.6. The SMILES string of the molecule is [2H]c1c(-c2ccccc2)c([2H])c(-c2cccc(-c3c([2H])c(-c4ccccc4)c([2H])c(-c4ccccc4)c3[2H])c2-[n+]2[c-]n(-c3cccc(Oc4ccc5c6ccccc6n(-c6cc(C([2H])([2H])[2H])c(C([2H])([2H])[2H])cn6)c5c4)c3)c3ccccc32)c([2H])c1-c1ccccc1. The summed E-state index contributed by atoms with van der Waals surface area (Å²) in [5.41, 5.74) is 7.94. The van der Waals surface area contributed by atoms with Gasteiger partial charge in [0, 0.05) is 31.3 Å². The monoisotopic (exact) mass is 1020 g/mol. The van der Waals surface area contributed by atoms with E-state index in [-0.39, 0.29) is 64.3 Å². The fourth-order valence-corrected chi connectivity index (χ4v) is 10.5. The standard InChI is InChI=1S/C74H52N4O/c1-50-39-73(75-48-51(50)2)78-69-34-16-15-31-67(69)68-38-37-64(47-72(68)78)79-63-30-19-29-62(46-63)76-49-77(71-36-18-17-35-70(71)76)74-65(60-42-56(52-21-7-3-8-22-52)40-57(43-60)53-23-9-4-10-24-53)32-20-33-66(74)61-44-58(54-25-11-5-12-26-54)41-59(45-61)55-27-13-6-14-28-55/h3-48H,1-2H3/i1D3,2D3,40D,41D,42D,43D,44D,45D. The number of hydrogen-bond donors (Lipinski definition) is 0. The second-order valence-corrected chi connectivity index (χ2v) is 19.1. The van der Waals surface area contributed by atoms with E-state index in [1.807, 2.05) is 240 Å². The number of nitrogens with zero attached hydrogens (tertiary/aromatic N) is 4. The molecule has 3 aromatic heterocycles. The molecule has 0 fully saturated rings. The van der Waals surface area contributed by atoms with Crippen LogP contribution in [0.4, 0.5) is 0 Å². The molecule has 0 saturated heterocycles. The van der Waals surface area contributed by atoms with Gasteiger partial charge in [-0.05, 0) is 170 Å². The van der Waals surface area contributed by atoms with Gasteiger partial charge in [0.25, 0.3) is 6.33 Å². The number of aromatic nitrogens is 4. The van der Waals surface area contributed by atoms with Crippen molar-refractivity contribution in [2.45, 2.75) is 13.7 Å². The molecular weight excluding hydrogens is 961 g/mol. The third-order valence-corrected chi connectivity index (χ3v) is 14.2. The first-order chi connectivity index (χ1) is 44.0. The molecule has 0 bridgehead atoms. The van der Waals surface area contributed by atoms with Gasteiger partial charge in [0.1, 0.15) is 17.3 Å². The summed E-state index contributed by atoms with van der Waals surface area (Å²) in [5.74, 6) is 1.09. The zero-order chi connectivity index (χ0) is 63.0. The second-order valence-electron chi connectivity index (χ2n) is 19.1. The van der Waals surface area contributed by atoms with Gasteiger partial charge in [0.2, 0.25) is 0 Å². The summed E-state index contributed by atoms with van der Waals surface area (Å²) in [7, 11) is 0. The number of rotatable bonds is 11. The van der Waals surface area contributed by atoms with Gasteiger partial charge in [-0.15, -0.1) is 0 Å². The highest BCUT2D eigenvalue weighted by Gasteiger charge is 2.23. The fourth-order valence-electron chi connectivity index (χ4n) is 10.5. The van der Waals surface area contributed by atoms with Crippen LogP contribution in [0.15, 0.2) is 279 Å². The van der Waals surface area contributed by atoms with E-state index < -0.39 is 13.7 Å². The number of fused-ring (bicyclic) bond motifs is 4. The van der Waals surface area contributed by atoms with Crippen molar-refractivity contribution in [2.24, 2.45) is 0 Å². The summed E-state index contributed by atoms with van der Waals surface area (Å²) in [5, 5.41) is 1.68. The molecule has 0 aliphatic heterocycles. The highest BCUT2D eigenvalue weighted by Crippen LogP contribution is 2.42. The van der Waals surface area contributed by atoms with E-state index in [0.717, 1.165) is 22.5 Å². The van der Waals surface area contributed by atoms with Gasteiger partial charge in [0.05, 0.1) is 41.7 Å². The molecule has 14 rings (SSSR count). The largest absolute Gasteiger partial charge is 0.458 e. The highest BCUT2D eigenvalue weighted by atomic mass is 16.5. The van der Waals surface area contributed by atoms with Gasteiger partial charge in [-0.2, -0.15) is 0 Å². The van der Waals surface area contributed by atoms with E-state index >= 15 is 0 Å². The Hall–Kier alpha value is -10.4. The van der Waals surface area contributed by atoms with Crippen molar-refractivity contribution >= 4 is 32.8 Å². The van der Waals surface area contributed by atoms with Crippen molar-refractivity contribution in [3.8, 4) is 95.5 Å². The summed E-state index contributed by atoms with van der Waals surface area (Å²) in [6, 6.07) is 72.2. The first-order valence-corrected chi connectivity index (χ1v) is 25.9. The average molecular weight is 1030 g/mol. The van der Waals surface area contributed by atoms with Crippen molar-refractivity contribution < 1.29 is 25.8 Å².